The number of nitrogens with zero attached hydrogens (tertiary/aromatic N) is 2. The highest BCUT2D eigenvalue weighted by atomic mass is 15.2. The van der Waals surface area contributed by atoms with Crippen molar-refractivity contribution >= 4 is 44.0 Å². The van der Waals surface area contributed by atoms with E-state index >= 15 is 0 Å². The van der Waals surface area contributed by atoms with Gasteiger partial charge in [0.2, 0.25) is 0 Å². The van der Waals surface area contributed by atoms with Crippen LogP contribution in [0, 0.1) is 0 Å². The van der Waals surface area contributed by atoms with Crippen LogP contribution < -0.4 is 5.32 Å². The summed E-state index contributed by atoms with van der Waals surface area (Å²) >= 11 is 0. The van der Waals surface area contributed by atoms with Gasteiger partial charge in [0.15, 0.2) is 0 Å². The lowest BCUT2D eigenvalue weighted by Gasteiger charge is -2.33. The predicted molar refractivity (Wildman–Crippen MR) is 235 cm³/mol. The van der Waals surface area contributed by atoms with Gasteiger partial charge < -0.3 is 9.88 Å². The molecule has 1 unspecified atom stereocenters. The minimum Gasteiger partial charge on any atom is -0.345 e. The zero-order valence-electron chi connectivity index (χ0n) is 31.7. The number of allylic oxidation sites excluding steroid dienone is 1. The fourth-order valence-electron chi connectivity index (χ4n) is 11.3. The molecule has 0 amide bonds. The number of amidine groups is 1. The molecule has 0 saturated carbocycles. The van der Waals surface area contributed by atoms with Crippen molar-refractivity contribution in [2.75, 3.05) is 0 Å². The fourth-order valence-corrected chi connectivity index (χ4v) is 11.3. The van der Waals surface area contributed by atoms with Crippen molar-refractivity contribution in [3.8, 4) is 22.3 Å². The lowest BCUT2D eigenvalue weighted by molar-refractivity contribution is 0.584. The molecule has 3 heteroatoms. The molecule has 2 heterocycles. The van der Waals surface area contributed by atoms with Gasteiger partial charge in [-0.25, -0.2) is 4.99 Å². The van der Waals surface area contributed by atoms with E-state index in [1.165, 1.54) is 93.8 Å². The molecular weight excluding hydrogens is 691 g/mol. The van der Waals surface area contributed by atoms with Gasteiger partial charge in [0, 0.05) is 27.3 Å². The first kappa shape index (κ1) is 31.3. The predicted octanol–water partition coefficient (Wildman–Crippen LogP) is 12.5. The quantitative estimate of drug-likeness (QED) is 0.189. The van der Waals surface area contributed by atoms with Crippen molar-refractivity contribution in [2.24, 2.45) is 4.99 Å². The van der Waals surface area contributed by atoms with E-state index in [-0.39, 0.29) is 11.6 Å². The highest BCUT2D eigenvalue weighted by Crippen LogP contribution is 2.63. The summed E-state index contributed by atoms with van der Waals surface area (Å²) in [5.74, 6) is 0.912. The molecule has 0 fully saturated rings. The van der Waals surface area contributed by atoms with Gasteiger partial charge in [-0.1, -0.05) is 172 Å². The van der Waals surface area contributed by atoms with Crippen LogP contribution in [0.5, 0.6) is 0 Å². The molecule has 1 aromatic heterocycles. The van der Waals surface area contributed by atoms with E-state index in [1.807, 2.05) is 0 Å². The molecule has 4 aliphatic rings. The number of benzene rings is 8. The minimum absolute atomic E-state index is 0.214. The fraction of sp³-hybridized carbons (Fsp3) is 0.0926. The highest BCUT2D eigenvalue weighted by molar-refractivity contribution is 6.15. The second kappa shape index (κ2) is 10.9. The molecule has 3 nitrogen and oxygen atoms in total. The average Bonchev–Trinajstić information content (AvgIpc) is 3.93. The van der Waals surface area contributed by atoms with Crippen LogP contribution in [0.4, 0.5) is 0 Å². The maximum absolute atomic E-state index is 5.78. The van der Waals surface area contributed by atoms with Crippen LogP contribution in [0.2, 0.25) is 0 Å². The maximum atomic E-state index is 5.78. The van der Waals surface area contributed by atoms with Gasteiger partial charge >= 0.3 is 0 Å². The van der Waals surface area contributed by atoms with Crippen LogP contribution in [0.1, 0.15) is 59.0 Å². The lowest BCUT2D eigenvalue weighted by atomic mass is 9.70. The van der Waals surface area contributed by atoms with E-state index in [1.54, 1.807) is 0 Å². The third-order valence-electron chi connectivity index (χ3n) is 13.6. The maximum Gasteiger partial charge on any atom is 0.136 e. The Morgan fingerprint density at radius 3 is 1.75 bits per heavy atom. The number of aliphatic imine (C=N–C) groups is 1. The van der Waals surface area contributed by atoms with Gasteiger partial charge in [-0.05, 0) is 84.6 Å². The molecule has 57 heavy (non-hydrogen) atoms. The summed E-state index contributed by atoms with van der Waals surface area (Å²) in [5.41, 5.74) is 18.3. The minimum atomic E-state index is -0.426. The van der Waals surface area contributed by atoms with Gasteiger partial charge in [0.25, 0.3) is 0 Å². The first-order chi connectivity index (χ1) is 28.0. The number of hydrogen-bond acceptors (Lipinski definition) is 2. The van der Waals surface area contributed by atoms with Crippen molar-refractivity contribution in [3.05, 3.63) is 221 Å². The van der Waals surface area contributed by atoms with E-state index in [0.717, 1.165) is 17.1 Å². The number of hydrogen-bond donors (Lipinski definition) is 1. The second-order valence-corrected chi connectivity index (χ2v) is 16.7. The van der Waals surface area contributed by atoms with E-state index < -0.39 is 5.41 Å². The summed E-state index contributed by atoms with van der Waals surface area (Å²) in [5, 5.41) is 9.19. The van der Waals surface area contributed by atoms with Crippen LogP contribution in [0.3, 0.4) is 0 Å². The topological polar surface area (TPSA) is 29.3 Å². The smallest absolute Gasteiger partial charge is 0.136 e. The highest BCUT2D eigenvalue weighted by Gasteiger charge is 2.52. The van der Waals surface area contributed by atoms with Gasteiger partial charge in [0.05, 0.1) is 22.1 Å². The van der Waals surface area contributed by atoms with Crippen LogP contribution in [0.25, 0.3) is 60.4 Å². The molecule has 0 radical (unpaired) electrons. The van der Waals surface area contributed by atoms with Crippen molar-refractivity contribution in [3.63, 3.8) is 0 Å². The molecule has 1 N–H and O–H groups in total. The van der Waals surface area contributed by atoms with E-state index in [2.05, 4.69) is 200 Å². The third-order valence-corrected chi connectivity index (χ3v) is 13.6. The van der Waals surface area contributed by atoms with E-state index in [4.69, 9.17) is 4.99 Å². The molecule has 8 aromatic carbocycles. The molecule has 13 rings (SSSR count). The molecule has 1 aliphatic heterocycles. The Kier molecular flexibility index (Phi) is 5.96. The molecule has 3 aliphatic carbocycles. The van der Waals surface area contributed by atoms with Crippen molar-refractivity contribution in [1.82, 2.24) is 9.88 Å². The molecule has 0 bridgehead atoms. The monoisotopic (exact) mass is 727 g/mol. The summed E-state index contributed by atoms with van der Waals surface area (Å²) in [7, 11) is 0. The van der Waals surface area contributed by atoms with Gasteiger partial charge in [-0.2, -0.15) is 0 Å². The number of nitrogens with one attached hydrogen (secondary N) is 1. The van der Waals surface area contributed by atoms with E-state index in [9.17, 15) is 0 Å². The Bertz CT molecular complexity index is 3270. The van der Waals surface area contributed by atoms with Crippen LogP contribution in [-0.4, -0.2) is 10.4 Å². The summed E-state index contributed by atoms with van der Waals surface area (Å²) in [4.78, 5) is 5.78. The Balaban J connectivity index is 1.11. The molecule has 1 spiro atoms. The third kappa shape index (κ3) is 3.80. The molecule has 9 aromatic rings. The Morgan fingerprint density at radius 1 is 0.474 bits per heavy atom. The van der Waals surface area contributed by atoms with Crippen molar-refractivity contribution in [2.45, 2.75) is 30.8 Å². The van der Waals surface area contributed by atoms with Crippen molar-refractivity contribution < 1.29 is 0 Å². The van der Waals surface area contributed by atoms with Crippen LogP contribution >= 0.6 is 0 Å². The molecule has 1 atom stereocenters. The average molecular weight is 728 g/mol. The zero-order valence-corrected chi connectivity index (χ0v) is 31.7. The molecule has 0 saturated heterocycles. The van der Waals surface area contributed by atoms with Crippen LogP contribution in [0.15, 0.2) is 187 Å². The summed E-state index contributed by atoms with van der Waals surface area (Å²) in [6.45, 7) is 4.70. The zero-order chi connectivity index (χ0) is 37.6. The number of fused-ring (bicyclic) bond motifs is 16. The van der Waals surface area contributed by atoms with Gasteiger partial charge in [0.1, 0.15) is 12.0 Å². The van der Waals surface area contributed by atoms with Gasteiger partial charge in [-0.3, -0.25) is 0 Å². The first-order valence-electron chi connectivity index (χ1n) is 20.1. The molecular formula is C54H37N3. The standard InChI is InChI=1S/C54H37N3/c1-53(2)41-24-10-7-21-37(41)49-50(53)55-51(56-52(49)57-46-29-14-9-20-36(46)40-30-32-16-3-4-17-33(32)31-47(40)57)39-23-15-28-45-48(39)38-22-8-13-27-44(38)54(45)42-25-11-5-18-34(42)35-19-6-12-26-43(35)54/h3-31,52H,1-2H3,(H,55,56). The SMILES string of the molecule is CC1(C)C2=C(c3ccccc31)C(n1c3ccccc3c3cc4ccccc4cc31)NC(c1cccc3c1-c1ccccc1C31c3ccccc3-c3ccccc31)=N2. The lowest BCUT2D eigenvalue weighted by Crippen LogP contribution is -2.38. The Labute approximate surface area is 331 Å². The second-order valence-electron chi connectivity index (χ2n) is 16.7. The van der Waals surface area contributed by atoms with Crippen molar-refractivity contribution in [1.29, 1.82) is 0 Å². The molecule has 268 valence electrons. The van der Waals surface area contributed by atoms with Crippen LogP contribution in [-0.2, 0) is 10.8 Å². The Morgan fingerprint density at radius 2 is 1.02 bits per heavy atom. The number of aromatic nitrogens is 1. The number of rotatable bonds is 2. The normalized spacial score (nSPS) is 17.6. The van der Waals surface area contributed by atoms with Gasteiger partial charge in [-0.15, -0.1) is 0 Å². The summed E-state index contributed by atoms with van der Waals surface area (Å²) in [6, 6.07) is 65.4. The largest absolute Gasteiger partial charge is 0.345 e. The first-order valence-corrected chi connectivity index (χ1v) is 20.1. The Hall–Kier alpha value is -6.97. The summed E-state index contributed by atoms with van der Waals surface area (Å²) < 4.78 is 2.56. The number of para-hydroxylation sites is 1. The van der Waals surface area contributed by atoms with E-state index in [0.29, 0.717) is 0 Å². The summed E-state index contributed by atoms with van der Waals surface area (Å²) in [6.07, 6.45) is -0.214.